The zero-order chi connectivity index (χ0) is 43.5. The molecule has 1 unspecified atom stereocenters. The van der Waals surface area contributed by atoms with Crippen molar-refractivity contribution in [2.24, 2.45) is 17.3 Å². The number of carboxylic acid groups (broad SMARTS) is 1. The minimum atomic E-state index is -1.88. The molecule has 4 N–H and O–H groups in total. The van der Waals surface area contributed by atoms with E-state index < -0.39 is 65.3 Å². The number of Topliss-reactive ketones (excluding diaryl/α,β-unsaturated/α-hetero) is 1. The van der Waals surface area contributed by atoms with Crippen LogP contribution in [0.1, 0.15) is 65.0 Å². The van der Waals surface area contributed by atoms with Crippen molar-refractivity contribution in [2.75, 3.05) is 37.3 Å². The number of nitrogens with one attached hydrogen (secondary N) is 4. The molecule has 0 spiro atoms. The second-order valence-corrected chi connectivity index (χ2v) is 16.8. The SMILES string of the molecule is C#CC(OC(=O)[O-])[C@](C)(CI)C(=O)[C@H](CC(C)C)NC(=O)[C@H](Cc1ccccc1)NC(=O)[C@H](CC(C)C)NC(=O)[C@H](CCc1ccccc1)NC(=O)CN1CCOCC1. The lowest BCUT2D eigenvalue weighted by molar-refractivity contribution is -0.287. The van der Waals surface area contributed by atoms with E-state index in [1.807, 2.05) is 91.6 Å². The smallest absolute Gasteiger partial charge is 0.253 e. The molecule has 15 heteroatoms. The van der Waals surface area contributed by atoms with Crippen molar-refractivity contribution in [3.63, 3.8) is 0 Å². The van der Waals surface area contributed by atoms with Gasteiger partial charge in [0.05, 0.1) is 31.2 Å². The number of ether oxygens (including phenoxy) is 2. The number of terminal acetylenes is 1. The van der Waals surface area contributed by atoms with Crippen LogP contribution in [0.3, 0.4) is 0 Å². The number of alkyl halides is 1. The van der Waals surface area contributed by atoms with Gasteiger partial charge >= 0.3 is 0 Å². The Balaban J connectivity index is 1.90. The molecule has 1 heterocycles. The Morgan fingerprint density at radius 2 is 1.31 bits per heavy atom. The molecule has 1 aliphatic rings. The van der Waals surface area contributed by atoms with Crippen LogP contribution in [0.15, 0.2) is 60.7 Å². The van der Waals surface area contributed by atoms with Crippen molar-refractivity contribution < 1.29 is 43.3 Å². The molecule has 1 fully saturated rings. The maximum absolute atomic E-state index is 14.3. The Labute approximate surface area is 361 Å². The molecule has 322 valence electrons. The lowest BCUT2D eigenvalue weighted by atomic mass is 9.77. The number of carbonyl (C=O) groups excluding carboxylic acids is 6. The van der Waals surface area contributed by atoms with E-state index in [0.29, 0.717) is 32.7 Å². The Morgan fingerprint density at radius 3 is 1.85 bits per heavy atom. The van der Waals surface area contributed by atoms with Gasteiger partial charge in [-0.15, -0.1) is 6.42 Å². The summed E-state index contributed by atoms with van der Waals surface area (Å²) in [7, 11) is 0. The quantitative estimate of drug-likeness (QED) is 0.0557. The van der Waals surface area contributed by atoms with Crippen molar-refractivity contribution in [3.8, 4) is 12.3 Å². The molecule has 0 bridgehead atoms. The van der Waals surface area contributed by atoms with Crippen LogP contribution in [0.2, 0.25) is 0 Å². The fourth-order valence-corrected chi connectivity index (χ4v) is 7.59. The van der Waals surface area contributed by atoms with Crippen LogP contribution in [0, 0.1) is 29.6 Å². The number of rotatable bonds is 23. The lowest BCUT2D eigenvalue weighted by Crippen LogP contribution is -2.60. The summed E-state index contributed by atoms with van der Waals surface area (Å²) in [6, 6.07) is 14.2. The van der Waals surface area contributed by atoms with Crippen molar-refractivity contribution in [3.05, 3.63) is 71.8 Å². The number of nitrogens with zero attached hydrogens (tertiary/aromatic N) is 1. The molecule has 59 heavy (non-hydrogen) atoms. The maximum Gasteiger partial charge on any atom is 0.253 e. The predicted octanol–water partition coefficient (Wildman–Crippen LogP) is 2.60. The number of hydrogen-bond donors (Lipinski definition) is 4. The topological polar surface area (TPSA) is 195 Å². The van der Waals surface area contributed by atoms with Gasteiger partial charge in [0, 0.05) is 23.9 Å². The molecule has 0 aromatic heterocycles. The van der Waals surface area contributed by atoms with E-state index in [1.54, 1.807) is 24.3 Å². The summed E-state index contributed by atoms with van der Waals surface area (Å²) in [6.07, 6.45) is 3.47. The van der Waals surface area contributed by atoms with E-state index in [2.05, 4.69) is 27.2 Å². The van der Waals surface area contributed by atoms with Crippen LogP contribution in [0.5, 0.6) is 0 Å². The summed E-state index contributed by atoms with van der Waals surface area (Å²) in [4.78, 5) is 83.4. The highest BCUT2D eigenvalue weighted by molar-refractivity contribution is 14.1. The van der Waals surface area contributed by atoms with Crippen LogP contribution in [-0.2, 0) is 46.3 Å². The van der Waals surface area contributed by atoms with Gasteiger partial charge in [0.15, 0.2) is 5.78 Å². The zero-order valence-corrected chi connectivity index (χ0v) is 36.8. The first-order valence-electron chi connectivity index (χ1n) is 20.1. The van der Waals surface area contributed by atoms with Gasteiger partial charge in [-0.05, 0) is 55.6 Å². The van der Waals surface area contributed by atoms with Gasteiger partial charge in [0.25, 0.3) is 6.16 Å². The van der Waals surface area contributed by atoms with Crippen LogP contribution in [-0.4, -0.2) is 108 Å². The number of hydrogen-bond acceptors (Lipinski definition) is 10. The molecule has 6 atom stereocenters. The summed E-state index contributed by atoms with van der Waals surface area (Å²) >= 11 is 1.92. The monoisotopic (exact) mass is 928 g/mol. The summed E-state index contributed by atoms with van der Waals surface area (Å²) in [6.45, 7) is 11.3. The molecule has 2 aromatic rings. The largest absolute Gasteiger partial charge is 0.532 e. The first-order valence-corrected chi connectivity index (χ1v) is 21.6. The number of aryl methyl sites for hydroxylation is 1. The lowest BCUT2D eigenvalue weighted by Gasteiger charge is -2.37. The van der Waals surface area contributed by atoms with Gasteiger partial charge in [-0.3, -0.25) is 28.9 Å². The Bertz CT molecular complexity index is 1730. The van der Waals surface area contributed by atoms with Crippen LogP contribution in [0.4, 0.5) is 4.79 Å². The molecular weight excluding hydrogens is 869 g/mol. The van der Waals surface area contributed by atoms with E-state index >= 15 is 0 Å². The third-order valence-corrected chi connectivity index (χ3v) is 11.7. The van der Waals surface area contributed by atoms with Gasteiger partial charge in [-0.25, -0.2) is 0 Å². The fourth-order valence-electron chi connectivity index (χ4n) is 6.82. The molecule has 1 aliphatic heterocycles. The minimum absolute atomic E-state index is 0.0466. The Morgan fingerprint density at radius 1 is 0.797 bits per heavy atom. The highest BCUT2D eigenvalue weighted by Crippen LogP contribution is 2.31. The third kappa shape index (κ3) is 16.2. The number of morpholine rings is 1. The van der Waals surface area contributed by atoms with Gasteiger partial charge in [-0.2, -0.15) is 0 Å². The summed E-state index contributed by atoms with van der Waals surface area (Å²) in [5.41, 5.74) is 0.176. The standard InChI is InChI=1S/C44H60IN5O9/c1-7-37(59-43(56)57)44(6,28-45)39(52)34(24-29(2)3)47-42(55)36(26-32-16-12-9-13-17-32)49-41(54)35(25-30(4)5)48-40(53)33(19-18-31-14-10-8-11-15-31)46-38(51)27-50-20-22-58-23-21-50/h1,8-17,29-30,33-37H,18-28H2,2-6H3,(H,46,51)(H,47,55)(H,48,53)(H,49,54)(H,56,57)/p-1/t33-,34-,35-,36-,37?,44-/m0/s1. The van der Waals surface area contributed by atoms with Crippen LogP contribution < -0.4 is 26.4 Å². The van der Waals surface area contributed by atoms with E-state index in [1.165, 1.54) is 6.92 Å². The first kappa shape index (κ1) is 48.8. The minimum Gasteiger partial charge on any atom is -0.532 e. The first-order chi connectivity index (χ1) is 28.1. The fraction of sp³-hybridized carbons (Fsp3) is 0.545. The normalized spacial score (nSPS) is 16.6. The highest BCUT2D eigenvalue weighted by Gasteiger charge is 2.44. The Kier molecular flexibility index (Phi) is 20.3. The maximum atomic E-state index is 14.3. The van der Waals surface area contributed by atoms with Crippen LogP contribution >= 0.6 is 22.6 Å². The molecule has 2 aromatic carbocycles. The van der Waals surface area contributed by atoms with Crippen molar-refractivity contribution in [1.29, 1.82) is 0 Å². The molecule has 0 saturated carbocycles. The summed E-state index contributed by atoms with van der Waals surface area (Å²) < 4.78 is 10.3. The van der Waals surface area contributed by atoms with Crippen molar-refractivity contribution >= 4 is 58.2 Å². The molecular formula is C44H59IN5O9-. The summed E-state index contributed by atoms with van der Waals surface area (Å²) in [5, 5.41) is 22.8. The van der Waals surface area contributed by atoms with Gasteiger partial charge in [0.2, 0.25) is 23.6 Å². The highest BCUT2D eigenvalue weighted by atomic mass is 127. The number of amides is 4. The molecule has 1 saturated heterocycles. The van der Waals surface area contributed by atoms with Crippen molar-refractivity contribution in [1.82, 2.24) is 26.2 Å². The van der Waals surface area contributed by atoms with E-state index in [0.717, 1.165) is 11.1 Å². The molecule has 0 aliphatic carbocycles. The Hall–Kier alpha value is -4.53. The number of ketones is 1. The summed E-state index contributed by atoms with van der Waals surface area (Å²) in [5.74, 6) is -0.596. The number of carbonyl (C=O) groups is 6. The second kappa shape index (κ2) is 24.5. The molecule has 3 rings (SSSR count). The zero-order valence-electron chi connectivity index (χ0n) is 34.7. The van der Waals surface area contributed by atoms with E-state index in [4.69, 9.17) is 15.9 Å². The van der Waals surface area contributed by atoms with Gasteiger partial charge in [0.1, 0.15) is 24.2 Å². The predicted molar refractivity (Wildman–Crippen MR) is 230 cm³/mol. The average Bonchev–Trinajstić information content (AvgIpc) is 3.20. The van der Waals surface area contributed by atoms with Gasteiger partial charge in [-0.1, -0.05) is 117 Å². The van der Waals surface area contributed by atoms with Gasteiger partial charge < -0.3 is 40.6 Å². The molecule has 0 radical (unpaired) electrons. The average molecular weight is 929 g/mol. The van der Waals surface area contributed by atoms with E-state index in [9.17, 15) is 33.9 Å². The third-order valence-electron chi connectivity index (χ3n) is 10.1. The second-order valence-electron chi connectivity index (χ2n) is 16.0. The van der Waals surface area contributed by atoms with Crippen LogP contribution in [0.25, 0.3) is 0 Å². The number of benzene rings is 2. The van der Waals surface area contributed by atoms with Crippen molar-refractivity contribution in [2.45, 2.75) is 97.0 Å². The van der Waals surface area contributed by atoms with E-state index in [-0.39, 0.29) is 54.4 Å². The molecule has 4 amide bonds. The number of halogens is 1. The molecule has 14 nitrogen and oxygen atoms in total.